The average Bonchev–Trinajstić information content (AvgIpc) is 2.79. The molecule has 3 nitrogen and oxygen atoms in total. The van der Waals surface area contributed by atoms with E-state index in [2.05, 4.69) is 51.5 Å². The van der Waals surface area contributed by atoms with Crippen LogP contribution in [0.25, 0.3) is 11.3 Å². The van der Waals surface area contributed by atoms with Crippen molar-refractivity contribution in [3.63, 3.8) is 0 Å². The van der Waals surface area contributed by atoms with E-state index in [1.807, 2.05) is 24.7 Å². The number of nitrogens with zero attached hydrogens (tertiary/aromatic N) is 2. The Bertz CT molecular complexity index is 502. The molecule has 18 heavy (non-hydrogen) atoms. The van der Waals surface area contributed by atoms with Crippen molar-refractivity contribution in [3.05, 3.63) is 41.3 Å². The van der Waals surface area contributed by atoms with Crippen LogP contribution in [0.4, 0.5) is 0 Å². The Morgan fingerprint density at radius 3 is 2.50 bits per heavy atom. The summed E-state index contributed by atoms with van der Waals surface area (Å²) in [5.41, 5.74) is 8.16. The first-order chi connectivity index (χ1) is 8.63. The van der Waals surface area contributed by atoms with Crippen LogP contribution in [0.1, 0.15) is 19.9 Å². The maximum atomic E-state index is 5.88. The summed E-state index contributed by atoms with van der Waals surface area (Å²) in [5, 5.41) is 0. The summed E-state index contributed by atoms with van der Waals surface area (Å²) in [6, 6.07) is 8.54. The maximum absolute atomic E-state index is 5.88. The van der Waals surface area contributed by atoms with Gasteiger partial charge in [0, 0.05) is 17.1 Å². The Kier molecular flexibility index (Phi) is 4.19. The highest BCUT2D eigenvalue weighted by atomic mass is 79.9. The summed E-state index contributed by atoms with van der Waals surface area (Å²) in [6.07, 6.45) is 3.77. The largest absolute Gasteiger partial charge is 0.328 e. The molecule has 2 aromatic rings. The van der Waals surface area contributed by atoms with E-state index in [9.17, 15) is 0 Å². The zero-order chi connectivity index (χ0) is 13.1. The summed E-state index contributed by atoms with van der Waals surface area (Å²) in [4.78, 5) is 4.27. The first kappa shape index (κ1) is 13.3. The normalized spacial score (nSPS) is 12.9. The van der Waals surface area contributed by atoms with Gasteiger partial charge in [-0.15, -0.1) is 0 Å². The van der Waals surface area contributed by atoms with Gasteiger partial charge in [0.2, 0.25) is 0 Å². The fourth-order valence-electron chi connectivity index (χ4n) is 2.12. The van der Waals surface area contributed by atoms with Crippen molar-refractivity contribution in [1.82, 2.24) is 9.55 Å². The Morgan fingerprint density at radius 1 is 1.28 bits per heavy atom. The number of halogens is 1. The van der Waals surface area contributed by atoms with Crippen LogP contribution in [0.3, 0.4) is 0 Å². The van der Waals surface area contributed by atoms with E-state index in [4.69, 9.17) is 5.73 Å². The summed E-state index contributed by atoms with van der Waals surface area (Å²) >= 11 is 3.45. The Balaban J connectivity index is 2.41. The molecule has 0 radical (unpaired) electrons. The molecule has 0 aliphatic carbocycles. The van der Waals surface area contributed by atoms with Crippen LogP contribution >= 0.6 is 15.9 Å². The summed E-state index contributed by atoms with van der Waals surface area (Å²) in [6.45, 7) is 4.99. The van der Waals surface area contributed by atoms with Crippen molar-refractivity contribution < 1.29 is 0 Å². The fourth-order valence-corrected chi connectivity index (χ4v) is 2.38. The Labute approximate surface area is 116 Å². The van der Waals surface area contributed by atoms with E-state index in [1.54, 1.807) is 0 Å². The molecule has 0 saturated carbocycles. The summed E-state index contributed by atoms with van der Waals surface area (Å²) in [7, 11) is 0. The minimum Gasteiger partial charge on any atom is -0.328 e. The van der Waals surface area contributed by atoms with Gasteiger partial charge >= 0.3 is 0 Å². The molecular weight excluding hydrogens is 290 g/mol. The first-order valence-corrected chi connectivity index (χ1v) is 6.90. The summed E-state index contributed by atoms with van der Waals surface area (Å²) < 4.78 is 3.25. The molecule has 1 atom stereocenters. The Morgan fingerprint density at radius 2 is 1.94 bits per heavy atom. The molecule has 96 valence electrons. The molecule has 1 aromatic heterocycles. The van der Waals surface area contributed by atoms with Gasteiger partial charge in [0.05, 0.1) is 18.2 Å². The van der Waals surface area contributed by atoms with Gasteiger partial charge in [-0.3, -0.25) is 0 Å². The van der Waals surface area contributed by atoms with Crippen LogP contribution in [0, 0.1) is 5.92 Å². The van der Waals surface area contributed by atoms with Gasteiger partial charge in [-0.1, -0.05) is 41.9 Å². The predicted molar refractivity (Wildman–Crippen MR) is 78.3 cm³/mol. The third kappa shape index (κ3) is 2.65. The topological polar surface area (TPSA) is 43.8 Å². The van der Waals surface area contributed by atoms with Crippen LogP contribution < -0.4 is 5.73 Å². The van der Waals surface area contributed by atoms with Crippen LogP contribution in [0.15, 0.2) is 41.3 Å². The standard InChI is InChI=1S/C14H18BrN3/c1-10(2)13(7-16)18-9-17-8-14(18)11-3-5-12(15)6-4-11/h3-6,8-10,13H,7,16H2,1-2H3. The molecule has 0 bridgehead atoms. The lowest BCUT2D eigenvalue weighted by atomic mass is 10.0. The average molecular weight is 308 g/mol. The van der Waals surface area contributed by atoms with Gasteiger partial charge in [0.25, 0.3) is 0 Å². The number of hydrogen-bond donors (Lipinski definition) is 1. The summed E-state index contributed by atoms with van der Waals surface area (Å²) in [5.74, 6) is 0.485. The van der Waals surface area contributed by atoms with Crippen molar-refractivity contribution in [2.24, 2.45) is 11.7 Å². The second-order valence-corrected chi connectivity index (χ2v) is 5.66. The van der Waals surface area contributed by atoms with Crippen molar-refractivity contribution in [2.45, 2.75) is 19.9 Å². The molecule has 0 spiro atoms. The van der Waals surface area contributed by atoms with E-state index in [-0.39, 0.29) is 6.04 Å². The van der Waals surface area contributed by atoms with Crippen molar-refractivity contribution in [2.75, 3.05) is 6.54 Å². The maximum Gasteiger partial charge on any atom is 0.0954 e. The highest BCUT2D eigenvalue weighted by Crippen LogP contribution is 2.26. The lowest BCUT2D eigenvalue weighted by Crippen LogP contribution is -2.24. The minimum atomic E-state index is 0.283. The molecule has 1 heterocycles. The molecule has 4 heteroatoms. The third-order valence-electron chi connectivity index (χ3n) is 3.17. The van der Waals surface area contributed by atoms with E-state index in [1.165, 1.54) is 0 Å². The predicted octanol–water partition coefficient (Wildman–Crippen LogP) is 3.47. The number of rotatable bonds is 4. The van der Waals surface area contributed by atoms with E-state index in [0.29, 0.717) is 12.5 Å². The van der Waals surface area contributed by atoms with Gasteiger partial charge in [0.15, 0.2) is 0 Å². The zero-order valence-corrected chi connectivity index (χ0v) is 12.3. The molecule has 0 aliphatic heterocycles. The van der Waals surface area contributed by atoms with Crippen LogP contribution in [0.2, 0.25) is 0 Å². The van der Waals surface area contributed by atoms with Gasteiger partial charge in [0.1, 0.15) is 0 Å². The molecule has 2 N–H and O–H groups in total. The molecule has 1 aromatic carbocycles. The zero-order valence-electron chi connectivity index (χ0n) is 10.7. The van der Waals surface area contributed by atoms with Crippen molar-refractivity contribution >= 4 is 15.9 Å². The molecule has 0 fully saturated rings. The molecule has 2 rings (SSSR count). The molecule has 0 saturated heterocycles. The van der Waals surface area contributed by atoms with E-state index >= 15 is 0 Å². The highest BCUT2D eigenvalue weighted by Gasteiger charge is 2.17. The first-order valence-electron chi connectivity index (χ1n) is 6.11. The monoisotopic (exact) mass is 307 g/mol. The van der Waals surface area contributed by atoms with Gasteiger partial charge < -0.3 is 10.3 Å². The van der Waals surface area contributed by atoms with Gasteiger partial charge in [-0.2, -0.15) is 0 Å². The minimum absolute atomic E-state index is 0.283. The molecular formula is C14H18BrN3. The van der Waals surface area contributed by atoms with E-state index in [0.717, 1.165) is 15.7 Å². The lowest BCUT2D eigenvalue weighted by Gasteiger charge is -2.23. The van der Waals surface area contributed by atoms with Crippen LogP contribution in [-0.2, 0) is 0 Å². The van der Waals surface area contributed by atoms with Crippen molar-refractivity contribution in [1.29, 1.82) is 0 Å². The van der Waals surface area contributed by atoms with E-state index < -0.39 is 0 Å². The highest BCUT2D eigenvalue weighted by molar-refractivity contribution is 9.10. The second-order valence-electron chi connectivity index (χ2n) is 4.74. The molecule has 1 unspecified atom stereocenters. The number of aromatic nitrogens is 2. The smallest absolute Gasteiger partial charge is 0.0954 e. The molecule has 0 aliphatic rings. The fraction of sp³-hybridized carbons (Fsp3) is 0.357. The molecule has 0 amide bonds. The van der Waals surface area contributed by atoms with Gasteiger partial charge in [-0.05, 0) is 23.6 Å². The number of benzene rings is 1. The number of nitrogens with two attached hydrogens (primary N) is 1. The SMILES string of the molecule is CC(C)C(CN)n1cncc1-c1ccc(Br)cc1. The number of hydrogen-bond acceptors (Lipinski definition) is 2. The second kappa shape index (κ2) is 5.67. The Hall–Kier alpha value is -1.13. The lowest BCUT2D eigenvalue weighted by molar-refractivity contribution is 0.387. The van der Waals surface area contributed by atoms with Gasteiger partial charge in [-0.25, -0.2) is 4.98 Å². The van der Waals surface area contributed by atoms with Crippen LogP contribution in [-0.4, -0.2) is 16.1 Å². The van der Waals surface area contributed by atoms with Crippen LogP contribution in [0.5, 0.6) is 0 Å². The third-order valence-corrected chi connectivity index (χ3v) is 3.70. The number of imidazole rings is 1. The van der Waals surface area contributed by atoms with Crippen molar-refractivity contribution in [3.8, 4) is 11.3 Å². The quantitative estimate of drug-likeness (QED) is 0.940.